The Kier molecular flexibility index (Phi) is 6.74. The smallest absolute Gasteiger partial charge is 0.141 e. The Morgan fingerprint density at radius 2 is 1.08 bits per heavy atom. The molecular formula is C33H27NO2. The molecule has 0 fully saturated rings. The van der Waals surface area contributed by atoms with Gasteiger partial charge < -0.3 is 10.2 Å². The summed E-state index contributed by atoms with van der Waals surface area (Å²) < 4.78 is 0. The summed E-state index contributed by atoms with van der Waals surface area (Å²) in [5.41, 5.74) is 3.52. The molecule has 0 spiro atoms. The second-order valence-electron chi connectivity index (χ2n) is 8.73. The number of rotatable bonds is 7. The number of aromatic hydroxyl groups is 1. The molecule has 0 aliphatic carbocycles. The lowest BCUT2D eigenvalue weighted by atomic mass is 9.77. The minimum Gasteiger partial charge on any atom is -0.507 e. The van der Waals surface area contributed by atoms with Crippen LogP contribution in [-0.4, -0.2) is 16.4 Å². The molecule has 3 heteroatoms. The molecule has 1 atom stereocenters. The number of phenols is 1. The molecule has 0 radical (unpaired) electrons. The monoisotopic (exact) mass is 469 g/mol. The number of hydrogen-bond acceptors (Lipinski definition) is 3. The second-order valence-corrected chi connectivity index (χ2v) is 8.73. The summed E-state index contributed by atoms with van der Waals surface area (Å²) in [6.07, 6.45) is 1.66. The highest BCUT2D eigenvalue weighted by Crippen LogP contribution is 2.43. The molecule has 0 aromatic heterocycles. The van der Waals surface area contributed by atoms with Crippen molar-refractivity contribution in [2.45, 2.75) is 11.6 Å². The minimum absolute atomic E-state index is 0.133. The molecule has 0 saturated carbocycles. The Labute approximate surface area is 211 Å². The summed E-state index contributed by atoms with van der Waals surface area (Å²) in [7, 11) is 0. The minimum atomic E-state index is -1.44. The largest absolute Gasteiger partial charge is 0.507 e. The molecule has 36 heavy (non-hydrogen) atoms. The quantitative estimate of drug-likeness (QED) is 0.249. The van der Waals surface area contributed by atoms with Crippen molar-refractivity contribution in [2.24, 2.45) is 4.99 Å². The summed E-state index contributed by atoms with van der Waals surface area (Å²) >= 11 is 0. The Balaban J connectivity index is 1.65. The third kappa shape index (κ3) is 4.70. The molecule has 2 N–H and O–H groups in total. The van der Waals surface area contributed by atoms with Crippen LogP contribution >= 0.6 is 0 Å². The van der Waals surface area contributed by atoms with Gasteiger partial charge in [0.1, 0.15) is 17.4 Å². The zero-order chi connectivity index (χ0) is 24.8. The number of aliphatic imine (C=N–C) groups is 1. The van der Waals surface area contributed by atoms with Crippen molar-refractivity contribution in [2.75, 3.05) is 0 Å². The van der Waals surface area contributed by atoms with Crippen LogP contribution in [0.3, 0.4) is 0 Å². The molecule has 5 aromatic rings. The van der Waals surface area contributed by atoms with Crippen LogP contribution in [-0.2, 0) is 5.60 Å². The van der Waals surface area contributed by atoms with Gasteiger partial charge in [0.25, 0.3) is 0 Å². The molecule has 0 heterocycles. The Bertz CT molecular complexity index is 1390. The van der Waals surface area contributed by atoms with Crippen LogP contribution in [0.1, 0.15) is 28.3 Å². The molecule has 3 nitrogen and oxygen atoms in total. The lowest BCUT2D eigenvalue weighted by Crippen LogP contribution is -2.34. The number of benzene rings is 5. The van der Waals surface area contributed by atoms with E-state index in [0.717, 1.165) is 27.8 Å². The topological polar surface area (TPSA) is 52.8 Å². The van der Waals surface area contributed by atoms with E-state index in [2.05, 4.69) is 0 Å². The SMILES string of the molecule is Oc1ccc(-c2ccccc2)cc1C=N[C@H](c1ccccc1)C(O)(c1ccccc1)c1ccccc1. The summed E-state index contributed by atoms with van der Waals surface area (Å²) in [5.74, 6) is 0.133. The van der Waals surface area contributed by atoms with Gasteiger partial charge in [0.2, 0.25) is 0 Å². The van der Waals surface area contributed by atoms with Crippen molar-refractivity contribution in [1.82, 2.24) is 0 Å². The van der Waals surface area contributed by atoms with E-state index in [1.165, 1.54) is 0 Å². The summed E-state index contributed by atoms with van der Waals surface area (Å²) in [5, 5.41) is 23.1. The van der Waals surface area contributed by atoms with Crippen LogP contribution in [0.5, 0.6) is 5.75 Å². The lowest BCUT2D eigenvalue weighted by Gasteiger charge is -2.35. The van der Waals surface area contributed by atoms with E-state index < -0.39 is 11.6 Å². The van der Waals surface area contributed by atoms with Gasteiger partial charge in [-0.1, -0.05) is 127 Å². The first kappa shape index (κ1) is 23.3. The fraction of sp³-hybridized carbons (Fsp3) is 0.0606. The van der Waals surface area contributed by atoms with Crippen molar-refractivity contribution in [3.8, 4) is 16.9 Å². The first-order valence-corrected chi connectivity index (χ1v) is 12.0. The summed E-state index contributed by atoms with van der Waals surface area (Å²) in [4.78, 5) is 4.95. The molecule has 0 amide bonds. The maximum Gasteiger partial charge on any atom is 0.141 e. The standard InChI is InChI=1S/C33H27NO2/c35-31-22-21-27(25-13-5-1-6-14-25)23-28(31)24-34-32(26-15-7-2-8-16-26)33(36,29-17-9-3-10-18-29)30-19-11-4-12-20-30/h1-24,32,35-36H/t32-/m1/s1. The average molecular weight is 470 g/mol. The highest BCUT2D eigenvalue weighted by molar-refractivity contribution is 5.86. The van der Waals surface area contributed by atoms with Gasteiger partial charge in [-0.2, -0.15) is 0 Å². The molecule has 0 unspecified atom stereocenters. The average Bonchev–Trinajstić information content (AvgIpc) is 2.96. The van der Waals surface area contributed by atoms with Crippen molar-refractivity contribution < 1.29 is 10.2 Å². The summed E-state index contributed by atoms with van der Waals surface area (Å²) in [6.45, 7) is 0. The molecular weight excluding hydrogens is 442 g/mol. The van der Waals surface area contributed by atoms with Gasteiger partial charge in [-0.25, -0.2) is 0 Å². The maximum atomic E-state index is 12.5. The zero-order valence-corrected chi connectivity index (χ0v) is 19.8. The van der Waals surface area contributed by atoms with Gasteiger partial charge in [0, 0.05) is 11.8 Å². The number of phenolic OH excluding ortho intramolecular Hbond substituents is 1. The van der Waals surface area contributed by atoms with Crippen LogP contribution in [0.2, 0.25) is 0 Å². The number of hydrogen-bond donors (Lipinski definition) is 2. The Morgan fingerprint density at radius 1 is 0.583 bits per heavy atom. The van der Waals surface area contributed by atoms with E-state index in [0.29, 0.717) is 5.56 Å². The van der Waals surface area contributed by atoms with Crippen molar-refractivity contribution in [3.05, 3.63) is 162 Å². The zero-order valence-electron chi connectivity index (χ0n) is 19.8. The van der Waals surface area contributed by atoms with E-state index in [1.54, 1.807) is 12.3 Å². The summed E-state index contributed by atoms with van der Waals surface area (Å²) in [6, 6.07) is 43.9. The molecule has 176 valence electrons. The van der Waals surface area contributed by atoms with Crippen molar-refractivity contribution in [1.29, 1.82) is 0 Å². The number of aliphatic hydroxyl groups is 1. The third-order valence-electron chi connectivity index (χ3n) is 6.44. The van der Waals surface area contributed by atoms with Gasteiger partial charge >= 0.3 is 0 Å². The fourth-order valence-electron chi connectivity index (χ4n) is 4.56. The highest BCUT2D eigenvalue weighted by atomic mass is 16.3. The van der Waals surface area contributed by atoms with Crippen molar-refractivity contribution >= 4 is 6.21 Å². The van der Waals surface area contributed by atoms with E-state index >= 15 is 0 Å². The third-order valence-corrected chi connectivity index (χ3v) is 6.44. The molecule has 0 aliphatic rings. The van der Waals surface area contributed by atoms with Crippen LogP contribution in [0.25, 0.3) is 11.1 Å². The predicted octanol–water partition coefficient (Wildman–Crippen LogP) is 7.16. The maximum absolute atomic E-state index is 12.5. The van der Waals surface area contributed by atoms with Crippen LogP contribution in [0.15, 0.2) is 145 Å². The fourth-order valence-corrected chi connectivity index (χ4v) is 4.56. The Hall–Kier alpha value is -4.47. The first-order chi connectivity index (χ1) is 17.7. The van der Waals surface area contributed by atoms with Gasteiger partial charge in [-0.05, 0) is 39.9 Å². The number of nitrogens with zero attached hydrogens (tertiary/aromatic N) is 1. The molecule has 5 aromatic carbocycles. The first-order valence-electron chi connectivity index (χ1n) is 12.0. The Morgan fingerprint density at radius 3 is 1.64 bits per heavy atom. The van der Waals surface area contributed by atoms with Crippen LogP contribution < -0.4 is 0 Å². The molecule has 0 aliphatic heterocycles. The van der Waals surface area contributed by atoms with Crippen molar-refractivity contribution in [3.63, 3.8) is 0 Å². The molecule has 5 rings (SSSR count). The lowest BCUT2D eigenvalue weighted by molar-refractivity contribution is 0.0523. The van der Waals surface area contributed by atoms with Crippen LogP contribution in [0, 0.1) is 0 Å². The molecule has 0 saturated heterocycles. The van der Waals surface area contributed by atoms with Crippen LogP contribution in [0.4, 0.5) is 0 Å². The van der Waals surface area contributed by atoms with E-state index in [9.17, 15) is 10.2 Å². The predicted molar refractivity (Wildman–Crippen MR) is 146 cm³/mol. The highest BCUT2D eigenvalue weighted by Gasteiger charge is 2.41. The van der Waals surface area contributed by atoms with E-state index in [-0.39, 0.29) is 5.75 Å². The molecule has 0 bridgehead atoms. The van der Waals surface area contributed by atoms with E-state index in [1.807, 2.05) is 133 Å². The van der Waals surface area contributed by atoms with Gasteiger partial charge in [-0.15, -0.1) is 0 Å². The normalized spacial score (nSPS) is 12.5. The van der Waals surface area contributed by atoms with Gasteiger partial charge in [0.05, 0.1) is 0 Å². The van der Waals surface area contributed by atoms with Gasteiger partial charge in [-0.3, -0.25) is 4.99 Å². The van der Waals surface area contributed by atoms with Gasteiger partial charge in [0.15, 0.2) is 0 Å². The second kappa shape index (κ2) is 10.4. The van der Waals surface area contributed by atoms with E-state index in [4.69, 9.17) is 4.99 Å².